The molecule has 0 saturated carbocycles. The third-order valence-electron chi connectivity index (χ3n) is 3.95. The van der Waals surface area contributed by atoms with Crippen LogP contribution in [0.3, 0.4) is 0 Å². The summed E-state index contributed by atoms with van der Waals surface area (Å²) in [5.41, 5.74) is 2.28. The quantitative estimate of drug-likeness (QED) is 0.693. The number of anilines is 1. The number of carbonyl (C=O) groups excluding carboxylic acids is 1. The molecule has 2 aromatic carbocycles. The number of carbonyl (C=O) groups is 1. The molecule has 1 atom stereocenters. The Morgan fingerprint density at radius 2 is 1.85 bits per heavy atom. The van der Waals surface area contributed by atoms with Crippen molar-refractivity contribution in [2.75, 3.05) is 12.4 Å². The van der Waals surface area contributed by atoms with Crippen LogP contribution in [0.15, 0.2) is 73.1 Å². The summed E-state index contributed by atoms with van der Waals surface area (Å²) in [4.78, 5) is 16.4. The number of hydrogen-bond acceptors (Lipinski definition) is 4. The molecule has 3 rings (SSSR count). The maximum Gasteiger partial charge on any atom is 0.255 e. The lowest BCUT2D eigenvalue weighted by molar-refractivity contribution is 0.102. The number of hydrogen-bond donors (Lipinski definition) is 1. The molecule has 5 nitrogen and oxygen atoms in total. The van der Waals surface area contributed by atoms with E-state index >= 15 is 0 Å². The molecule has 0 aliphatic carbocycles. The fourth-order valence-corrected chi connectivity index (χ4v) is 2.43. The van der Waals surface area contributed by atoms with Crippen LogP contribution in [0.2, 0.25) is 0 Å². The summed E-state index contributed by atoms with van der Waals surface area (Å²) in [5.74, 6) is 1.11. The molecule has 5 heteroatoms. The van der Waals surface area contributed by atoms with E-state index in [1.54, 1.807) is 49.8 Å². The van der Waals surface area contributed by atoms with Gasteiger partial charge in [-0.25, -0.2) is 0 Å². The number of amides is 1. The van der Waals surface area contributed by atoms with E-state index in [1.165, 1.54) is 0 Å². The monoisotopic (exact) mass is 348 g/mol. The summed E-state index contributed by atoms with van der Waals surface area (Å²) in [6, 6.07) is 18.2. The Labute approximate surface area is 152 Å². The highest BCUT2D eigenvalue weighted by Gasteiger charge is 2.09. The molecule has 0 bridgehead atoms. The van der Waals surface area contributed by atoms with Gasteiger partial charge in [-0.3, -0.25) is 9.78 Å². The normalized spacial score (nSPS) is 11.6. The van der Waals surface area contributed by atoms with Gasteiger partial charge in [0.05, 0.1) is 12.3 Å². The van der Waals surface area contributed by atoms with E-state index in [0.29, 0.717) is 17.1 Å². The third kappa shape index (κ3) is 4.46. The molecule has 1 unspecified atom stereocenters. The van der Waals surface area contributed by atoms with Crippen molar-refractivity contribution in [3.05, 3.63) is 84.2 Å². The van der Waals surface area contributed by atoms with Crippen LogP contribution in [0.25, 0.3) is 0 Å². The van der Waals surface area contributed by atoms with E-state index in [-0.39, 0.29) is 12.0 Å². The minimum atomic E-state index is -0.180. The smallest absolute Gasteiger partial charge is 0.255 e. The lowest BCUT2D eigenvalue weighted by Crippen LogP contribution is -2.12. The summed E-state index contributed by atoms with van der Waals surface area (Å²) >= 11 is 0. The van der Waals surface area contributed by atoms with Gasteiger partial charge < -0.3 is 14.8 Å². The van der Waals surface area contributed by atoms with Crippen LogP contribution in [0.4, 0.5) is 5.69 Å². The Hall–Kier alpha value is -3.18. The standard InChI is InChI=1S/C21H20N2O3/c1-15(25-2)17-5-3-6-18(13-17)23-21(24)16-8-10-19(11-9-16)26-20-7-4-12-22-14-20/h3-15H,1-2H3,(H,23,24). The van der Waals surface area contributed by atoms with Crippen molar-refractivity contribution in [3.63, 3.8) is 0 Å². The molecule has 0 saturated heterocycles. The van der Waals surface area contributed by atoms with Crippen molar-refractivity contribution in [2.45, 2.75) is 13.0 Å². The van der Waals surface area contributed by atoms with Crippen LogP contribution in [-0.2, 0) is 4.74 Å². The van der Waals surface area contributed by atoms with Crippen molar-refractivity contribution < 1.29 is 14.3 Å². The first-order valence-electron chi connectivity index (χ1n) is 8.28. The molecule has 0 aliphatic heterocycles. The van der Waals surface area contributed by atoms with Crippen LogP contribution in [0.1, 0.15) is 28.9 Å². The SMILES string of the molecule is COC(C)c1cccc(NC(=O)c2ccc(Oc3cccnc3)cc2)c1. The van der Waals surface area contributed by atoms with E-state index < -0.39 is 0 Å². The first kappa shape index (κ1) is 17.6. The fourth-order valence-electron chi connectivity index (χ4n) is 2.43. The number of aromatic nitrogens is 1. The van der Waals surface area contributed by atoms with Gasteiger partial charge in [-0.1, -0.05) is 12.1 Å². The Kier molecular flexibility index (Phi) is 5.61. The van der Waals surface area contributed by atoms with Gasteiger partial charge in [-0.05, 0) is 61.0 Å². The molecule has 0 aliphatic rings. The molecular formula is C21H20N2O3. The zero-order chi connectivity index (χ0) is 18.4. The first-order valence-corrected chi connectivity index (χ1v) is 8.28. The minimum absolute atomic E-state index is 0.0317. The van der Waals surface area contributed by atoms with E-state index in [9.17, 15) is 4.79 Å². The minimum Gasteiger partial charge on any atom is -0.456 e. The van der Waals surface area contributed by atoms with Crippen molar-refractivity contribution in [3.8, 4) is 11.5 Å². The van der Waals surface area contributed by atoms with Crippen molar-refractivity contribution in [1.82, 2.24) is 4.98 Å². The Bertz CT molecular complexity index is 864. The topological polar surface area (TPSA) is 60.5 Å². The second-order valence-corrected chi connectivity index (χ2v) is 5.77. The molecule has 26 heavy (non-hydrogen) atoms. The van der Waals surface area contributed by atoms with Gasteiger partial charge in [-0.2, -0.15) is 0 Å². The number of rotatable bonds is 6. The molecule has 1 aromatic heterocycles. The van der Waals surface area contributed by atoms with Gasteiger partial charge >= 0.3 is 0 Å². The maximum atomic E-state index is 12.4. The number of ether oxygens (including phenoxy) is 2. The lowest BCUT2D eigenvalue weighted by atomic mass is 10.1. The van der Waals surface area contributed by atoms with Gasteiger partial charge in [0.25, 0.3) is 5.91 Å². The average Bonchev–Trinajstić information content (AvgIpc) is 2.69. The molecule has 3 aromatic rings. The zero-order valence-electron chi connectivity index (χ0n) is 14.7. The summed E-state index contributed by atoms with van der Waals surface area (Å²) < 4.78 is 11.0. The lowest BCUT2D eigenvalue weighted by Gasteiger charge is -2.12. The molecule has 1 amide bonds. The van der Waals surface area contributed by atoms with Gasteiger partial charge in [0, 0.05) is 24.6 Å². The van der Waals surface area contributed by atoms with Gasteiger partial charge in [0.15, 0.2) is 0 Å². The number of nitrogens with one attached hydrogen (secondary N) is 1. The van der Waals surface area contributed by atoms with Gasteiger partial charge in [-0.15, -0.1) is 0 Å². The summed E-state index contributed by atoms with van der Waals surface area (Å²) in [6.07, 6.45) is 3.29. The Balaban J connectivity index is 1.67. The number of nitrogens with zero attached hydrogens (tertiary/aromatic N) is 1. The van der Waals surface area contributed by atoms with Gasteiger partial charge in [0.2, 0.25) is 0 Å². The van der Waals surface area contributed by atoms with E-state index in [4.69, 9.17) is 9.47 Å². The maximum absolute atomic E-state index is 12.4. The van der Waals surface area contributed by atoms with E-state index in [0.717, 1.165) is 11.3 Å². The second-order valence-electron chi connectivity index (χ2n) is 5.77. The van der Waals surface area contributed by atoms with Crippen LogP contribution in [0.5, 0.6) is 11.5 Å². The van der Waals surface area contributed by atoms with Gasteiger partial charge in [0.1, 0.15) is 11.5 Å². The van der Waals surface area contributed by atoms with Crippen LogP contribution >= 0.6 is 0 Å². The molecule has 1 heterocycles. The van der Waals surface area contributed by atoms with Crippen LogP contribution < -0.4 is 10.1 Å². The zero-order valence-corrected chi connectivity index (χ0v) is 14.7. The highest BCUT2D eigenvalue weighted by atomic mass is 16.5. The van der Waals surface area contributed by atoms with Crippen molar-refractivity contribution in [2.24, 2.45) is 0 Å². The first-order chi connectivity index (χ1) is 12.7. The molecular weight excluding hydrogens is 328 g/mol. The predicted molar refractivity (Wildman–Crippen MR) is 101 cm³/mol. The summed E-state index contributed by atoms with van der Waals surface area (Å²) in [5, 5.41) is 2.90. The summed E-state index contributed by atoms with van der Waals surface area (Å²) in [7, 11) is 1.66. The fraction of sp³-hybridized carbons (Fsp3) is 0.143. The van der Waals surface area contributed by atoms with Crippen molar-refractivity contribution >= 4 is 11.6 Å². The number of benzene rings is 2. The number of pyridine rings is 1. The Morgan fingerprint density at radius 1 is 1.04 bits per heavy atom. The van der Waals surface area contributed by atoms with E-state index in [1.807, 2.05) is 37.3 Å². The second kappa shape index (κ2) is 8.27. The summed E-state index contributed by atoms with van der Waals surface area (Å²) in [6.45, 7) is 1.96. The molecule has 0 spiro atoms. The average molecular weight is 348 g/mol. The van der Waals surface area contributed by atoms with Crippen LogP contribution in [0, 0.1) is 0 Å². The van der Waals surface area contributed by atoms with Crippen molar-refractivity contribution in [1.29, 1.82) is 0 Å². The third-order valence-corrected chi connectivity index (χ3v) is 3.95. The number of methoxy groups -OCH3 is 1. The van der Waals surface area contributed by atoms with E-state index in [2.05, 4.69) is 10.3 Å². The molecule has 1 N–H and O–H groups in total. The predicted octanol–water partition coefficient (Wildman–Crippen LogP) is 4.83. The molecule has 0 fully saturated rings. The highest BCUT2D eigenvalue weighted by molar-refractivity contribution is 6.04. The molecule has 0 radical (unpaired) electrons. The largest absolute Gasteiger partial charge is 0.456 e. The highest BCUT2D eigenvalue weighted by Crippen LogP contribution is 2.22. The van der Waals surface area contributed by atoms with Crippen LogP contribution in [-0.4, -0.2) is 18.0 Å². The Morgan fingerprint density at radius 3 is 2.54 bits per heavy atom. The molecule has 132 valence electrons.